The Kier molecular flexibility index (Phi) is 4.41. The minimum absolute atomic E-state index is 0.440. The van der Waals surface area contributed by atoms with Crippen LogP contribution in [0.1, 0.15) is 20.8 Å². The zero-order chi connectivity index (χ0) is 11.8. The molecule has 0 rings (SSSR count). The van der Waals surface area contributed by atoms with Gasteiger partial charge in [0.1, 0.15) is 0 Å². The van der Waals surface area contributed by atoms with Gasteiger partial charge in [0.15, 0.2) is 0 Å². The van der Waals surface area contributed by atoms with Crippen LogP contribution in [0.15, 0.2) is 0 Å². The van der Waals surface area contributed by atoms with E-state index in [1.807, 2.05) is 4.54 Å². The summed E-state index contributed by atoms with van der Waals surface area (Å²) in [4.78, 5) is 0. The van der Waals surface area contributed by atoms with E-state index in [9.17, 15) is 0 Å². The topological polar surface area (TPSA) is 0 Å². The molecule has 0 saturated heterocycles. The Balaban J connectivity index is 5.26. The van der Waals surface area contributed by atoms with Crippen molar-refractivity contribution in [1.82, 2.24) is 0 Å². The Labute approximate surface area is 94.3 Å². The minimum Gasteiger partial charge on any atom is -0.108 e. The van der Waals surface area contributed by atoms with Crippen molar-refractivity contribution in [2.75, 3.05) is 0 Å². The second kappa shape index (κ2) is 4.23. The van der Waals surface area contributed by atoms with Crippen molar-refractivity contribution in [1.29, 1.82) is 0 Å². The molecule has 3 heteroatoms. The normalized spacial score (nSPS) is 14.6. The highest BCUT2D eigenvalue weighted by Gasteiger charge is 2.32. The average molecular weight is 246 g/mol. The molecule has 84 valence electrons. The first kappa shape index (κ1) is 14.6. The predicted octanol–water partition coefficient (Wildman–Crippen LogP) is 4.66. The van der Waals surface area contributed by atoms with E-state index in [0.29, 0.717) is 5.16 Å². The summed E-state index contributed by atoms with van der Waals surface area (Å²) in [7, 11) is -0.516. The molecule has 0 saturated carbocycles. The third kappa shape index (κ3) is 5.48. The summed E-state index contributed by atoms with van der Waals surface area (Å²) >= 11 is 0. The van der Waals surface area contributed by atoms with Crippen LogP contribution in [-0.4, -0.2) is 25.8 Å². The van der Waals surface area contributed by atoms with Gasteiger partial charge in [0.2, 0.25) is 0 Å². The number of hydrogen-bond acceptors (Lipinski definition) is 0. The van der Waals surface area contributed by atoms with E-state index in [2.05, 4.69) is 60.1 Å². The first-order valence-corrected chi connectivity index (χ1v) is 13.3. The lowest BCUT2D eigenvalue weighted by atomic mass is 10.3. The van der Waals surface area contributed by atoms with Crippen LogP contribution in [0.3, 0.4) is 0 Å². The maximum absolute atomic E-state index is 2.50. The van der Waals surface area contributed by atoms with Crippen LogP contribution in [0, 0.1) is 0 Å². The largest absolute Gasteiger partial charge is 0.108 e. The fraction of sp³-hybridized carbons (Fsp3) is 0.909. The summed E-state index contributed by atoms with van der Waals surface area (Å²) in [6.07, 6.45) is 0. The lowest BCUT2D eigenvalue weighted by molar-refractivity contribution is 0.802. The van der Waals surface area contributed by atoms with Crippen molar-refractivity contribution in [2.45, 2.75) is 65.2 Å². The molecule has 0 nitrogen and oxygen atoms in total. The highest BCUT2D eigenvalue weighted by molar-refractivity contribution is 7.63. The molecular formula is C11H27PSi2. The maximum Gasteiger partial charge on any atom is 0.0731 e. The standard InChI is InChI=1S/C11H27PSi2/c1-11(2,3)12-10(13(4,5)6)14(7,8)9/h1-9H3. The minimum atomic E-state index is -1.07. The van der Waals surface area contributed by atoms with E-state index >= 15 is 0 Å². The maximum atomic E-state index is 2.50. The second-order valence-corrected chi connectivity index (χ2v) is 20.5. The molecule has 0 aliphatic carbocycles. The fourth-order valence-electron chi connectivity index (χ4n) is 1.80. The van der Waals surface area contributed by atoms with Gasteiger partial charge in [-0.05, 0) is 0 Å². The van der Waals surface area contributed by atoms with Gasteiger partial charge in [0, 0.05) is 5.16 Å². The van der Waals surface area contributed by atoms with Gasteiger partial charge < -0.3 is 0 Å². The van der Waals surface area contributed by atoms with Crippen LogP contribution in [0.4, 0.5) is 0 Å². The Morgan fingerprint density at radius 3 is 1.14 bits per heavy atom. The summed E-state index contributed by atoms with van der Waals surface area (Å²) in [5, 5.41) is 0.440. The van der Waals surface area contributed by atoms with Crippen LogP contribution < -0.4 is 0 Å². The third-order valence-corrected chi connectivity index (χ3v) is 14.8. The molecule has 0 amide bonds. The van der Waals surface area contributed by atoms with Gasteiger partial charge in [-0.3, -0.25) is 0 Å². The molecular weight excluding hydrogens is 219 g/mol. The van der Waals surface area contributed by atoms with E-state index in [4.69, 9.17) is 0 Å². The van der Waals surface area contributed by atoms with Gasteiger partial charge in [0.05, 0.1) is 16.1 Å². The zero-order valence-corrected chi connectivity index (χ0v) is 14.3. The molecule has 0 bridgehead atoms. The molecule has 0 N–H and O–H groups in total. The van der Waals surface area contributed by atoms with E-state index in [1.54, 1.807) is 8.20 Å². The van der Waals surface area contributed by atoms with E-state index in [0.717, 1.165) is 0 Å². The Morgan fingerprint density at radius 2 is 1.07 bits per heavy atom. The quantitative estimate of drug-likeness (QED) is 0.491. The summed E-state index contributed by atoms with van der Waals surface area (Å²) in [5.41, 5.74) is 0. The molecule has 14 heavy (non-hydrogen) atoms. The first-order chi connectivity index (χ1) is 5.84. The highest BCUT2D eigenvalue weighted by atomic mass is 31.1. The van der Waals surface area contributed by atoms with Crippen molar-refractivity contribution in [3.63, 3.8) is 0 Å². The SMILES string of the molecule is CC(C)(C)P=C([Si](C)(C)C)[Si](C)(C)C. The summed E-state index contributed by atoms with van der Waals surface area (Å²) in [6, 6.07) is 0. The van der Waals surface area contributed by atoms with E-state index < -0.39 is 16.1 Å². The molecule has 0 spiro atoms. The van der Waals surface area contributed by atoms with Crippen molar-refractivity contribution in [3.05, 3.63) is 0 Å². The number of rotatable bonds is 2. The van der Waals surface area contributed by atoms with Crippen LogP contribution in [0.2, 0.25) is 39.3 Å². The second-order valence-electron chi connectivity index (χ2n) is 7.13. The van der Waals surface area contributed by atoms with Crippen LogP contribution >= 0.6 is 8.20 Å². The molecule has 0 unspecified atom stereocenters. The van der Waals surface area contributed by atoms with Crippen LogP contribution in [0.5, 0.6) is 0 Å². The molecule has 0 fully saturated rings. The zero-order valence-electron chi connectivity index (χ0n) is 11.4. The smallest absolute Gasteiger partial charge is 0.0731 e. The lowest BCUT2D eigenvalue weighted by Crippen LogP contribution is -2.49. The molecule has 0 aliphatic rings. The van der Waals surface area contributed by atoms with Crippen molar-refractivity contribution in [3.8, 4) is 0 Å². The highest BCUT2D eigenvalue weighted by Crippen LogP contribution is 2.30. The van der Waals surface area contributed by atoms with E-state index in [1.165, 1.54) is 0 Å². The Morgan fingerprint density at radius 1 is 0.786 bits per heavy atom. The van der Waals surface area contributed by atoms with Crippen molar-refractivity contribution < 1.29 is 0 Å². The van der Waals surface area contributed by atoms with Gasteiger partial charge >= 0.3 is 0 Å². The molecule has 0 aromatic rings. The molecule has 0 radical (unpaired) electrons. The van der Waals surface area contributed by atoms with E-state index in [-0.39, 0.29) is 0 Å². The van der Waals surface area contributed by atoms with Crippen LogP contribution in [0.25, 0.3) is 0 Å². The van der Waals surface area contributed by atoms with Gasteiger partial charge in [-0.2, -0.15) is 0 Å². The number of hydrogen-bond donors (Lipinski definition) is 0. The molecule has 0 heterocycles. The summed E-state index contributed by atoms with van der Waals surface area (Å²) in [6.45, 7) is 22.1. The summed E-state index contributed by atoms with van der Waals surface area (Å²) in [5.74, 6) is 0. The predicted molar refractivity (Wildman–Crippen MR) is 78.4 cm³/mol. The summed E-state index contributed by atoms with van der Waals surface area (Å²) < 4.78 is 1.93. The van der Waals surface area contributed by atoms with Crippen molar-refractivity contribution >= 4 is 28.9 Å². The van der Waals surface area contributed by atoms with Gasteiger partial charge in [-0.25, -0.2) is 0 Å². The molecule has 0 aliphatic heterocycles. The fourth-order valence-corrected chi connectivity index (χ4v) is 16.2. The van der Waals surface area contributed by atoms with Crippen molar-refractivity contribution in [2.24, 2.45) is 0 Å². The Bertz CT molecular complexity index is 207. The monoisotopic (exact) mass is 246 g/mol. The van der Waals surface area contributed by atoms with Gasteiger partial charge in [-0.1, -0.05) is 64.6 Å². The average Bonchev–Trinajstić information content (AvgIpc) is 1.75. The first-order valence-electron chi connectivity index (χ1n) is 5.45. The van der Waals surface area contributed by atoms with Gasteiger partial charge in [0.25, 0.3) is 0 Å². The molecule has 0 atom stereocenters. The lowest BCUT2D eigenvalue weighted by Gasteiger charge is -2.33. The molecule has 0 aromatic carbocycles. The van der Waals surface area contributed by atoms with Crippen LogP contribution in [-0.2, 0) is 0 Å². The third-order valence-electron chi connectivity index (χ3n) is 1.87. The molecule has 0 aromatic heterocycles. The van der Waals surface area contributed by atoms with Gasteiger partial charge in [-0.15, -0.1) is 8.20 Å². The Hall–Kier alpha value is 0.604.